The van der Waals surface area contributed by atoms with Gasteiger partial charge in [0.1, 0.15) is 5.82 Å². The summed E-state index contributed by atoms with van der Waals surface area (Å²) in [6.45, 7) is 6.91. The van der Waals surface area contributed by atoms with Crippen LogP contribution < -0.4 is 0 Å². The summed E-state index contributed by atoms with van der Waals surface area (Å²) in [7, 11) is 0. The highest BCUT2D eigenvalue weighted by molar-refractivity contribution is 5.10. The Labute approximate surface area is 64.5 Å². The molecule has 0 saturated carbocycles. The van der Waals surface area contributed by atoms with Crippen molar-refractivity contribution >= 4 is 0 Å². The van der Waals surface area contributed by atoms with Crippen molar-refractivity contribution in [1.82, 2.24) is 4.98 Å². The minimum Gasteiger partial charge on any atom is -0.317 e. The van der Waals surface area contributed by atoms with Crippen LogP contribution in [0.1, 0.15) is 5.56 Å². The second-order valence-electron chi connectivity index (χ2n) is 2.14. The van der Waals surface area contributed by atoms with Crippen molar-refractivity contribution in [2.75, 3.05) is 6.54 Å². The van der Waals surface area contributed by atoms with Crippen LogP contribution in [0.5, 0.6) is 0 Å². The lowest BCUT2D eigenvalue weighted by atomic mass is 10.2. The molecule has 1 aromatic heterocycles. The molecular weight excluding hydrogens is 143 g/mol. The molecule has 0 N–H and O–H groups in total. The van der Waals surface area contributed by atoms with Gasteiger partial charge in [-0.1, -0.05) is 0 Å². The summed E-state index contributed by atoms with van der Waals surface area (Å²) in [5.41, 5.74) is 0.779. The SMILES string of the molecule is [C-]#[N+]CCc1cncc(F)c1. The first kappa shape index (κ1) is 7.67. The van der Waals surface area contributed by atoms with Crippen molar-refractivity contribution < 1.29 is 4.39 Å². The number of hydrogen-bond acceptors (Lipinski definition) is 1. The average Bonchev–Trinajstić information content (AvgIpc) is 2.01. The smallest absolute Gasteiger partial charge is 0.218 e. The molecular formula is C8H7FN2. The fraction of sp³-hybridized carbons (Fsp3) is 0.250. The lowest BCUT2D eigenvalue weighted by molar-refractivity contribution is 0.618. The van der Waals surface area contributed by atoms with Crippen molar-refractivity contribution in [3.05, 3.63) is 41.3 Å². The first-order chi connectivity index (χ1) is 5.33. The molecule has 0 spiro atoms. The van der Waals surface area contributed by atoms with Crippen LogP contribution in [0, 0.1) is 12.4 Å². The number of halogens is 1. The lowest BCUT2D eigenvalue weighted by Gasteiger charge is -1.92. The molecule has 1 heterocycles. The van der Waals surface area contributed by atoms with Gasteiger partial charge in [0, 0.05) is 12.6 Å². The molecule has 0 aromatic carbocycles. The van der Waals surface area contributed by atoms with Gasteiger partial charge in [0.25, 0.3) is 0 Å². The van der Waals surface area contributed by atoms with Gasteiger partial charge < -0.3 is 4.85 Å². The fourth-order valence-corrected chi connectivity index (χ4v) is 0.778. The molecule has 1 aromatic rings. The third kappa shape index (κ3) is 2.34. The third-order valence-electron chi connectivity index (χ3n) is 1.27. The summed E-state index contributed by atoms with van der Waals surface area (Å²) in [5.74, 6) is -0.340. The first-order valence-electron chi connectivity index (χ1n) is 3.25. The van der Waals surface area contributed by atoms with Crippen LogP contribution in [0.15, 0.2) is 18.5 Å². The number of rotatable bonds is 2. The first-order valence-corrected chi connectivity index (χ1v) is 3.25. The predicted molar refractivity (Wildman–Crippen MR) is 39.4 cm³/mol. The van der Waals surface area contributed by atoms with Crippen LogP contribution >= 0.6 is 0 Å². The molecule has 0 fully saturated rings. The van der Waals surface area contributed by atoms with Gasteiger partial charge in [0.2, 0.25) is 6.54 Å². The highest BCUT2D eigenvalue weighted by atomic mass is 19.1. The Morgan fingerprint density at radius 1 is 1.55 bits per heavy atom. The fourth-order valence-electron chi connectivity index (χ4n) is 0.778. The Morgan fingerprint density at radius 2 is 2.36 bits per heavy atom. The van der Waals surface area contributed by atoms with Crippen LogP contribution in [0.3, 0.4) is 0 Å². The maximum absolute atomic E-state index is 12.5. The van der Waals surface area contributed by atoms with Crippen LogP contribution in [-0.4, -0.2) is 11.5 Å². The zero-order chi connectivity index (χ0) is 8.10. The Kier molecular flexibility index (Phi) is 2.56. The predicted octanol–water partition coefficient (Wildman–Crippen LogP) is 1.68. The molecule has 2 nitrogen and oxygen atoms in total. The molecule has 11 heavy (non-hydrogen) atoms. The minimum absolute atomic E-state index is 0.340. The average molecular weight is 150 g/mol. The maximum atomic E-state index is 12.5. The van der Waals surface area contributed by atoms with E-state index in [1.807, 2.05) is 0 Å². The van der Waals surface area contributed by atoms with E-state index >= 15 is 0 Å². The van der Waals surface area contributed by atoms with Gasteiger partial charge in [0.15, 0.2) is 0 Å². The molecule has 0 aliphatic rings. The van der Waals surface area contributed by atoms with Crippen LogP contribution in [0.4, 0.5) is 4.39 Å². The summed E-state index contributed by atoms with van der Waals surface area (Å²) in [6, 6.07) is 1.40. The van der Waals surface area contributed by atoms with E-state index < -0.39 is 0 Å². The van der Waals surface area contributed by atoms with Gasteiger partial charge >= 0.3 is 0 Å². The van der Waals surface area contributed by atoms with E-state index in [0.29, 0.717) is 13.0 Å². The standard InChI is InChI=1S/C8H7FN2/c1-10-3-2-7-4-8(9)6-11-5-7/h4-6H,2-3H2. The molecule has 1 rings (SSSR count). The Morgan fingerprint density at radius 3 is 3.00 bits per heavy atom. The number of aromatic nitrogens is 1. The van der Waals surface area contributed by atoms with Crippen LogP contribution in [-0.2, 0) is 6.42 Å². The summed E-state index contributed by atoms with van der Waals surface area (Å²) in [6.07, 6.45) is 3.31. The highest BCUT2D eigenvalue weighted by Crippen LogP contribution is 2.01. The van der Waals surface area contributed by atoms with Crippen LogP contribution in [0.25, 0.3) is 4.85 Å². The molecule has 56 valence electrons. The van der Waals surface area contributed by atoms with Gasteiger partial charge in [-0.2, -0.15) is 0 Å². The molecule has 0 atom stereocenters. The summed E-state index contributed by atoms with van der Waals surface area (Å²) in [5, 5.41) is 0. The van der Waals surface area contributed by atoms with Gasteiger partial charge in [-0.3, -0.25) is 4.98 Å². The number of hydrogen-bond donors (Lipinski definition) is 0. The zero-order valence-corrected chi connectivity index (χ0v) is 5.92. The molecule has 0 bridgehead atoms. The Hall–Kier alpha value is -1.43. The monoisotopic (exact) mass is 150 g/mol. The van der Waals surface area contributed by atoms with Gasteiger partial charge in [-0.05, 0) is 11.6 Å². The molecule has 0 saturated heterocycles. The summed E-state index contributed by atoms with van der Waals surface area (Å²) in [4.78, 5) is 6.82. The summed E-state index contributed by atoms with van der Waals surface area (Å²) >= 11 is 0. The second-order valence-corrected chi connectivity index (χ2v) is 2.14. The van der Waals surface area contributed by atoms with E-state index in [-0.39, 0.29) is 5.82 Å². The Balaban J connectivity index is 2.65. The molecule has 0 aliphatic heterocycles. The number of nitrogens with zero attached hydrogens (tertiary/aromatic N) is 2. The van der Waals surface area contributed by atoms with Gasteiger partial charge in [-0.15, -0.1) is 0 Å². The largest absolute Gasteiger partial charge is 0.317 e. The lowest BCUT2D eigenvalue weighted by Crippen LogP contribution is -1.89. The molecule has 0 radical (unpaired) electrons. The number of pyridine rings is 1. The third-order valence-corrected chi connectivity index (χ3v) is 1.27. The molecule has 0 amide bonds. The van der Waals surface area contributed by atoms with E-state index in [4.69, 9.17) is 6.57 Å². The minimum atomic E-state index is -0.340. The van der Waals surface area contributed by atoms with E-state index in [1.54, 1.807) is 6.20 Å². The van der Waals surface area contributed by atoms with Gasteiger partial charge in [0.05, 0.1) is 6.20 Å². The van der Waals surface area contributed by atoms with E-state index in [9.17, 15) is 4.39 Å². The Bertz CT molecular complexity index is 278. The van der Waals surface area contributed by atoms with E-state index in [1.165, 1.54) is 6.07 Å². The zero-order valence-electron chi connectivity index (χ0n) is 5.92. The topological polar surface area (TPSA) is 17.2 Å². The van der Waals surface area contributed by atoms with Crippen LogP contribution in [0.2, 0.25) is 0 Å². The van der Waals surface area contributed by atoms with Crippen molar-refractivity contribution in [3.63, 3.8) is 0 Å². The second kappa shape index (κ2) is 3.67. The quantitative estimate of drug-likeness (QED) is 0.586. The molecule has 0 unspecified atom stereocenters. The maximum Gasteiger partial charge on any atom is 0.218 e. The van der Waals surface area contributed by atoms with Crippen molar-refractivity contribution in [3.8, 4) is 0 Å². The highest BCUT2D eigenvalue weighted by Gasteiger charge is 1.96. The molecule has 0 aliphatic carbocycles. The van der Waals surface area contributed by atoms with Crippen molar-refractivity contribution in [1.29, 1.82) is 0 Å². The van der Waals surface area contributed by atoms with E-state index in [2.05, 4.69) is 9.83 Å². The molecule has 3 heteroatoms. The van der Waals surface area contributed by atoms with Crippen molar-refractivity contribution in [2.24, 2.45) is 0 Å². The van der Waals surface area contributed by atoms with E-state index in [0.717, 1.165) is 11.8 Å². The summed E-state index contributed by atoms with van der Waals surface area (Å²) < 4.78 is 12.5. The van der Waals surface area contributed by atoms with Crippen molar-refractivity contribution in [2.45, 2.75) is 6.42 Å². The van der Waals surface area contributed by atoms with Gasteiger partial charge in [-0.25, -0.2) is 11.0 Å². The normalized spacial score (nSPS) is 9.09.